The van der Waals surface area contributed by atoms with E-state index in [9.17, 15) is 0 Å². The monoisotopic (exact) mass is 343 g/mol. The number of hydrogen-bond acceptors (Lipinski definition) is 8. The lowest BCUT2D eigenvalue weighted by Gasteiger charge is -2.33. The first kappa shape index (κ1) is 15.9. The van der Waals surface area contributed by atoms with Crippen molar-refractivity contribution in [3.8, 4) is 0 Å². The summed E-state index contributed by atoms with van der Waals surface area (Å²) in [5, 5.41) is 9.30. The van der Waals surface area contributed by atoms with Crippen molar-refractivity contribution in [3.63, 3.8) is 0 Å². The number of hydrogen-bond donors (Lipinski definition) is 0. The van der Waals surface area contributed by atoms with Crippen LogP contribution in [-0.2, 0) is 24.6 Å². The number of ether oxygens (including phenoxy) is 1. The molecule has 132 valence electrons. The molecule has 9 heteroatoms. The molecule has 0 aromatic carbocycles. The third-order valence-corrected chi connectivity index (χ3v) is 4.34. The summed E-state index contributed by atoms with van der Waals surface area (Å²) in [6.07, 6.45) is 3.18. The summed E-state index contributed by atoms with van der Waals surface area (Å²) in [5.74, 6) is 2.99. The second-order valence-electron chi connectivity index (χ2n) is 6.20. The standard InChI is InChI=1S/C16H21N7O2/c1-4-14-20-13(21-25-14)7-11-9-23(5-6-24-11)16-12-8-17-22(3)15(12)18-10(2)19-16/h8,11H,4-7,9H2,1-3H3/t11-/m0/s1. The van der Waals surface area contributed by atoms with Crippen LogP contribution >= 0.6 is 0 Å². The summed E-state index contributed by atoms with van der Waals surface area (Å²) in [7, 11) is 1.89. The van der Waals surface area contributed by atoms with Gasteiger partial charge in [0.15, 0.2) is 11.5 Å². The highest BCUT2D eigenvalue weighted by Crippen LogP contribution is 2.25. The first-order chi connectivity index (χ1) is 12.1. The fraction of sp³-hybridized carbons (Fsp3) is 0.562. The van der Waals surface area contributed by atoms with Crippen LogP contribution < -0.4 is 4.90 Å². The molecule has 0 bridgehead atoms. The molecule has 1 saturated heterocycles. The van der Waals surface area contributed by atoms with Crippen LogP contribution in [-0.4, -0.2) is 55.7 Å². The summed E-state index contributed by atoms with van der Waals surface area (Å²) in [6.45, 7) is 6.03. The molecule has 3 aromatic rings. The quantitative estimate of drug-likeness (QED) is 0.694. The van der Waals surface area contributed by atoms with Crippen molar-refractivity contribution in [1.29, 1.82) is 0 Å². The molecule has 0 unspecified atom stereocenters. The number of rotatable bonds is 4. The molecule has 0 aliphatic carbocycles. The Morgan fingerprint density at radius 2 is 2.16 bits per heavy atom. The zero-order chi connectivity index (χ0) is 17.4. The zero-order valence-electron chi connectivity index (χ0n) is 14.6. The minimum Gasteiger partial charge on any atom is -0.374 e. The van der Waals surface area contributed by atoms with Crippen LogP contribution in [0.5, 0.6) is 0 Å². The SMILES string of the molecule is CCc1nc(C[C@H]2CN(c3nc(C)nc4c3cnn4C)CCO2)no1. The average Bonchev–Trinajstić information content (AvgIpc) is 3.21. The Labute approximate surface area is 145 Å². The van der Waals surface area contributed by atoms with Gasteiger partial charge in [-0.1, -0.05) is 12.1 Å². The van der Waals surface area contributed by atoms with Gasteiger partial charge >= 0.3 is 0 Å². The largest absolute Gasteiger partial charge is 0.374 e. The van der Waals surface area contributed by atoms with Gasteiger partial charge in [0.05, 0.1) is 24.3 Å². The molecule has 0 N–H and O–H groups in total. The van der Waals surface area contributed by atoms with Crippen molar-refractivity contribution < 1.29 is 9.26 Å². The third-order valence-electron chi connectivity index (χ3n) is 4.34. The van der Waals surface area contributed by atoms with Gasteiger partial charge in [-0.15, -0.1) is 0 Å². The Morgan fingerprint density at radius 3 is 2.96 bits per heavy atom. The second-order valence-corrected chi connectivity index (χ2v) is 6.20. The minimum absolute atomic E-state index is 0.00181. The van der Waals surface area contributed by atoms with Crippen LogP contribution in [0.4, 0.5) is 5.82 Å². The van der Waals surface area contributed by atoms with Crippen molar-refractivity contribution in [1.82, 2.24) is 29.9 Å². The molecule has 0 spiro atoms. The normalized spacial score (nSPS) is 18.2. The van der Waals surface area contributed by atoms with Crippen molar-refractivity contribution in [2.45, 2.75) is 32.8 Å². The Morgan fingerprint density at radius 1 is 1.28 bits per heavy atom. The van der Waals surface area contributed by atoms with E-state index in [4.69, 9.17) is 9.26 Å². The molecule has 4 rings (SSSR count). The van der Waals surface area contributed by atoms with E-state index in [0.717, 1.165) is 42.2 Å². The highest BCUT2D eigenvalue weighted by atomic mass is 16.5. The van der Waals surface area contributed by atoms with E-state index in [0.29, 0.717) is 24.7 Å². The lowest BCUT2D eigenvalue weighted by atomic mass is 10.2. The van der Waals surface area contributed by atoms with Gasteiger partial charge in [0.25, 0.3) is 0 Å². The summed E-state index contributed by atoms with van der Waals surface area (Å²) in [4.78, 5) is 15.7. The van der Waals surface area contributed by atoms with E-state index >= 15 is 0 Å². The van der Waals surface area contributed by atoms with Gasteiger partial charge in [0, 0.05) is 33.0 Å². The van der Waals surface area contributed by atoms with Gasteiger partial charge in [0.1, 0.15) is 11.6 Å². The van der Waals surface area contributed by atoms with E-state index in [-0.39, 0.29) is 6.10 Å². The third kappa shape index (κ3) is 3.07. The number of nitrogens with zero attached hydrogens (tertiary/aromatic N) is 7. The van der Waals surface area contributed by atoms with E-state index in [2.05, 4.69) is 30.1 Å². The fourth-order valence-electron chi connectivity index (χ4n) is 3.11. The van der Waals surface area contributed by atoms with Crippen LogP contribution in [0.25, 0.3) is 11.0 Å². The smallest absolute Gasteiger partial charge is 0.226 e. The number of morpholine rings is 1. The predicted molar refractivity (Wildman–Crippen MR) is 90.4 cm³/mol. The maximum atomic E-state index is 5.90. The second kappa shape index (κ2) is 6.40. The predicted octanol–water partition coefficient (Wildman–Crippen LogP) is 1.07. The number of fused-ring (bicyclic) bond motifs is 1. The van der Waals surface area contributed by atoms with E-state index in [1.54, 1.807) is 4.68 Å². The molecule has 4 heterocycles. The van der Waals surface area contributed by atoms with E-state index in [1.807, 2.05) is 27.1 Å². The van der Waals surface area contributed by atoms with Gasteiger partial charge in [-0.2, -0.15) is 10.1 Å². The zero-order valence-corrected chi connectivity index (χ0v) is 14.6. The lowest BCUT2D eigenvalue weighted by molar-refractivity contribution is 0.0393. The summed E-state index contributed by atoms with van der Waals surface area (Å²) in [5.41, 5.74) is 0.844. The molecule has 9 nitrogen and oxygen atoms in total. The molecule has 0 radical (unpaired) electrons. The summed E-state index contributed by atoms with van der Waals surface area (Å²) >= 11 is 0. The van der Waals surface area contributed by atoms with Gasteiger partial charge in [-0.3, -0.25) is 4.68 Å². The molecule has 3 aromatic heterocycles. The number of aryl methyl sites for hydroxylation is 3. The summed E-state index contributed by atoms with van der Waals surface area (Å²) < 4.78 is 12.9. The van der Waals surface area contributed by atoms with E-state index < -0.39 is 0 Å². The molecular weight excluding hydrogens is 322 g/mol. The molecule has 25 heavy (non-hydrogen) atoms. The Balaban J connectivity index is 1.57. The van der Waals surface area contributed by atoms with E-state index in [1.165, 1.54) is 0 Å². The van der Waals surface area contributed by atoms with Crippen molar-refractivity contribution in [3.05, 3.63) is 23.7 Å². The van der Waals surface area contributed by atoms with Crippen molar-refractivity contribution in [2.24, 2.45) is 7.05 Å². The van der Waals surface area contributed by atoms with Crippen LogP contribution in [0.3, 0.4) is 0 Å². The van der Waals surface area contributed by atoms with Gasteiger partial charge < -0.3 is 14.2 Å². The number of aromatic nitrogens is 6. The molecular formula is C16H21N7O2. The number of anilines is 1. The Kier molecular flexibility index (Phi) is 4.08. The molecule has 1 fully saturated rings. The lowest BCUT2D eigenvalue weighted by Crippen LogP contribution is -2.44. The topological polar surface area (TPSA) is 95.0 Å². The first-order valence-corrected chi connectivity index (χ1v) is 8.48. The van der Waals surface area contributed by atoms with Crippen molar-refractivity contribution >= 4 is 16.9 Å². The Hall–Kier alpha value is -2.55. The minimum atomic E-state index is -0.00181. The van der Waals surface area contributed by atoms with Gasteiger partial charge in [-0.25, -0.2) is 9.97 Å². The summed E-state index contributed by atoms with van der Waals surface area (Å²) in [6, 6.07) is 0. The first-order valence-electron chi connectivity index (χ1n) is 8.48. The molecule has 0 saturated carbocycles. The van der Waals surface area contributed by atoms with Crippen LogP contribution in [0.2, 0.25) is 0 Å². The molecule has 1 aliphatic heterocycles. The van der Waals surface area contributed by atoms with Gasteiger partial charge in [-0.05, 0) is 6.92 Å². The highest BCUT2D eigenvalue weighted by molar-refractivity contribution is 5.87. The maximum absolute atomic E-state index is 5.90. The molecule has 1 aliphatic rings. The maximum Gasteiger partial charge on any atom is 0.226 e. The fourth-order valence-corrected chi connectivity index (χ4v) is 3.11. The van der Waals surface area contributed by atoms with Crippen LogP contribution in [0.1, 0.15) is 24.5 Å². The molecule has 0 amide bonds. The highest BCUT2D eigenvalue weighted by Gasteiger charge is 2.25. The van der Waals surface area contributed by atoms with Crippen molar-refractivity contribution in [2.75, 3.05) is 24.6 Å². The van der Waals surface area contributed by atoms with Crippen LogP contribution in [0.15, 0.2) is 10.7 Å². The van der Waals surface area contributed by atoms with Gasteiger partial charge in [0.2, 0.25) is 5.89 Å². The Bertz CT molecular complexity index is 888. The van der Waals surface area contributed by atoms with Crippen LogP contribution in [0, 0.1) is 6.92 Å². The average molecular weight is 343 g/mol. The molecule has 1 atom stereocenters.